The second-order valence-electron chi connectivity index (χ2n) is 7.28. The van der Waals surface area contributed by atoms with Crippen LogP contribution in [0.5, 0.6) is 0 Å². The maximum absolute atomic E-state index is 11.8. The molecule has 4 aliphatic rings. The van der Waals surface area contributed by atoms with Crippen molar-refractivity contribution in [2.24, 2.45) is 23.2 Å². The zero-order valence-electron chi connectivity index (χ0n) is 11.3. The molecule has 0 bridgehead atoms. The van der Waals surface area contributed by atoms with Gasteiger partial charge in [-0.25, -0.2) is 0 Å². The van der Waals surface area contributed by atoms with E-state index in [0.717, 1.165) is 19.4 Å². The van der Waals surface area contributed by atoms with Crippen LogP contribution in [-0.4, -0.2) is 24.3 Å². The summed E-state index contributed by atoms with van der Waals surface area (Å²) in [5.41, 5.74) is 0.517. The van der Waals surface area contributed by atoms with Crippen LogP contribution in [0.3, 0.4) is 0 Å². The molecular weight excluding hydrogens is 228 g/mol. The van der Waals surface area contributed by atoms with E-state index < -0.39 is 0 Å². The van der Waals surface area contributed by atoms with Crippen molar-refractivity contribution in [3.8, 4) is 0 Å². The van der Waals surface area contributed by atoms with E-state index in [0.29, 0.717) is 17.3 Å². The monoisotopic (exact) mass is 250 g/mol. The Balaban J connectivity index is 1.67. The highest BCUT2D eigenvalue weighted by Gasteiger charge is 2.64. The van der Waals surface area contributed by atoms with E-state index in [1.165, 1.54) is 19.3 Å². The van der Waals surface area contributed by atoms with Gasteiger partial charge >= 0.3 is 5.97 Å². The normalized spacial score (nSPS) is 58.0. The number of hydrogen-bond acceptors (Lipinski definition) is 3. The Bertz CT molecular complexity index is 401. The summed E-state index contributed by atoms with van der Waals surface area (Å²) in [7, 11) is 0. The van der Waals surface area contributed by atoms with Gasteiger partial charge in [0.15, 0.2) is 0 Å². The fourth-order valence-corrected chi connectivity index (χ4v) is 5.08. The van der Waals surface area contributed by atoms with Crippen molar-refractivity contribution in [2.75, 3.05) is 6.61 Å². The largest absolute Gasteiger partial charge is 0.462 e. The summed E-state index contributed by atoms with van der Waals surface area (Å²) in [5.74, 6) is 1.21. The molecule has 6 atom stereocenters. The zero-order valence-corrected chi connectivity index (χ0v) is 11.3. The summed E-state index contributed by atoms with van der Waals surface area (Å²) in [6, 6.07) is 0. The minimum Gasteiger partial charge on any atom is -0.462 e. The fraction of sp³-hybridized carbons (Fsp3) is 0.933. The van der Waals surface area contributed by atoms with Gasteiger partial charge in [-0.1, -0.05) is 13.8 Å². The van der Waals surface area contributed by atoms with Gasteiger partial charge in [-0.05, 0) is 43.4 Å². The molecular formula is C15H22O3. The number of carbonyl (C=O) groups is 1. The third-order valence-corrected chi connectivity index (χ3v) is 6.27. The van der Waals surface area contributed by atoms with Gasteiger partial charge in [0.2, 0.25) is 0 Å². The molecule has 2 saturated heterocycles. The smallest absolute Gasteiger partial charge is 0.309 e. The van der Waals surface area contributed by atoms with Crippen LogP contribution in [0.4, 0.5) is 0 Å². The van der Waals surface area contributed by atoms with Gasteiger partial charge < -0.3 is 9.47 Å². The summed E-state index contributed by atoms with van der Waals surface area (Å²) in [4.78, 5) is 11.8. The lowest BCUT2D eigenvalue weighted by Gasteiger charge is -2.51. The lowest BCUT2D eigenvalue weighted by molar-refractivity contribution is -0.146. The molecule has 3 nitrogen and oxygen atoms in total. The summed E-state index contributed by atoms with van der Waals surface area (Å²) in [6.45, 7) is 5.39. The highest BCUT2D eigenvalue weighted by atomic mass is 16.6. The first kappa shape index (κ1) is 11.3. The van der Waals surface area contributed by atoms with E-state index in [9.17, 15) is 4.79 Å². The van der Waals surface area contributed by atoms with Gasteiger partial charge in [-0.15, -0.1) is 0 Å². The molecule has 0 unspecified atom stereocenters. The van der Waals surface area contributed by atoms with Crippen LogP contribution in [0.2, 0.25) is 0 Å². The molecule has 0 amide bonds. The van der Waals surface area contributed by atoms with Crippen molar-refractivity contribution < 1.29 is 14.3 Å². The molecule has 18 heavy (non-hydrogen) atoms. The Morgan fingerprint density at radius 2 is 2.11 bits per heavy atom. The molecule has 0 N–H and O–H groups in total. The molecule has 2 saturated carbocycles. The van der Waals surface area contributed by atoms with Gasteiger partial charge in [-0.2, -0.15) is 0 Å². The van der Waals surface area contributed by atoms with Crippen molar-refractivity contribution in [3.63, 3.8) is 0 Å². The van der Waals surface area contributed by atoms with Crippen LogP contribution in [-0.2, 0) is 14.3 Å². The molecule has 4 fully saturated rings. The van der Waals surface area contributed by atoms with Gasteiger partial charge in [0.25, 0.3) is 0 Å². The van der Waals surface area contributed by atoms with E-state index in [-0.39, 0.29) is 23.6 Å². The minimum atomic E-state index is 0.0259. The van der Waals surface area contributed by atoms with E-state index in [4.69, 9.17) is 9.47 Å². The van der Waals surface area contributed by atoms with Gasteiger partial charge in [0.1, 0.15) is 6.10 Å². The average molecular weight is 250 g/mol. The fourth-order valence-electron chi connectivity index (χ4n) is 5.08. The number of carbonyl (C=O) groups excluding carboxylic acids is 1. The van der Waals surface area contributed by atoms with Crippen LogP contribution in [0.15, 0.2) is 0 Å². The Morgan fingerprint density at radius 1 is 1.33 bits per heavy atom. The molecule has 0 aromatic heterocycles. The van der Waals surface area contributed by atoms with Crippen molar-refractivity contribution in [1.29, 1.82) is 0 Å². The number of ether oxygens (including phenoxy) is 2. The number of fused-ring (bicyclic) bond motifs is 3. The maximum atomic E-state index is 11.8. The predicted molar refractivity (Wildman–Crippen MR) is 65.9 cm³/mol. The highest BCUT2D eigenvalue weighted by molar-refractivity contribution is 5.74. The molecule has 1 spiro atoms. The summed E-state index contributed by atoms with van der Waals surface area (Å²) in [6.07, 6.45) is 6.15. The molecule has 2 aliphatic heterocycles. The third-order valence-electron chi connectivity index (χ3n) is 6.27. The lowest BCUT2D eigenvalue weighted by Crippen LogP contribution is -2.50. The number of rotatable bonds is 0. The molecule has 0 radical (unpaired) electrons. The predicted octanol–water partition coefficient (Wildman–Crippen LogP) is 2.53. The van der Waals surface area contributed by atoms with Crippen molar-refractivity contribution in [2.45, 2.75) is 57.7 Å². The number of hydrogen-bond donors (Lipinski definition) is 0. The quantitative estimate of drug-likeness (QED) is 0.490. The molecule has 4 rings (SSSR count). The van der Waals surface area contributed by atoms with E-state index in [1.807, 2.05) is 6.92 Å². The average Bonchev–Trinajstić information content (AvgIpc) is 3.02. The summed E-state index contributed by atoms with van der Waals surface area (Å²) >= 11 is 0. The van der Waals surface area contributed by atoms with Crippen LogP contribution < -0.4 is 0 Å². The van der Waals surface area contributed by atoms with E-state index in [2.05, 4.69) is 6.92 Å². The number of esters is 1. The molecule has 0 aromatic rings. The molecule has 2 heterocycles. The summed E-state index contributed by atoms with van der Waals surface area (Å²) in [5, 5.41) is 0. The molecule has 0 aromatic carbocycles. The standard InChI is InChI=1S/C15H22O3/c1-9-10-6-12-14(2,7-11(10)18-13(9)16)4-3-5-15(12)8-17-15/h9-12H,3-8H2,1-2H3/t9-,10+,11+,12+,14+,15-/m0/s1. The lowest BCUT2D eigenvalue weighted by atomic mass is 9.53. The SMILES string of the molecule is C[C@@H]1C(=O)O[C@@H]2C[C@@]3(C)CCC[C@]4(CO4)[C@@H]3C[C@H]12. The first-order chi connectivity index (χ1) is 8.54. The zero-order chi connectivity index (χ0) is 12.5. The van der Waals surface area contributed by atoms with E-state index in [1.54, 1.807) is 0 Å². The Hall–Kier alpha value is -0.570. The van der Waals surface area contributed by atoms with Crippen LogP contribution in [0.1, 0.15) is 46.0 Å². The molecule has 3 heteroatoms. The highest BCUT2D eigenvalue weighted by Crippen LogP contribution is 2.62. The Labute approximate surface area is 108 Å². The number of epoxide rings is 1. The maximum Gasteiger partial charge on any atom is 0.309 e. The van der Waals surface area contributed by atoms with Crippen LogP contribution in [0.25, 0.3) is 0 Å². The van der Waals surface area contributed by atoms with Crippen molar-refractivity contribution in [3.05, 3.63) is 0 Å². The Kier molecular flexibility index (Phi) is 2.07. The Morgan fingerprint density at radius 3 is 2.83 bits per heavy atom. The van der Waals surface area contributed by atoms with Gasteiger partial charge in [0, 0.05) is 5.92 Å². The molecule has 100 valence electrons. The van der Waals surface area contributed by atoms with Gasteiger partial charge in [-0.3, -0.25) is 4.79 Å². The first-order valence-electron chi connectivity index (χ1n) is 7.39. The van der Waals surface area contributed by atoms with Crippen molar-refractivity contribution >= 4 is 5.97 Å². The third kappa shape index (κ3) is 1.31. The van der Waals surface area contributed by atoms with E-state index >= 15 is 0 Å². The van der Waals surface area contributed by atoms with Crippen LogP contribution >= 0.6 is 0 Å². The molecule has 2 aliphatic carbocycles. The summed E-state index contributed by atoms with van der Waals surface area (Å²) < 4.78 is 11.5. The minimum absolute atomic E-state index is 0.0259. The second-order valence-corrected chi connectivity index (χ2v) is 7.28. The first-order valence-corrected chi connectivity index (χ1v) is 7.39. The van der Waals surface area contributed by atoms with Crippen LogP contribution in [0, 0.1) is 23.2 Å². The topological polar surface area (TPSA) is 38.8 Å². The second kappa shape index (κ2) is 3.30. The van der Waals surface area contributed by atoms with Crippen molar-refractivity contribution in [1.82, 2.24) is 0 Å². The van der Waals surface area contributed by atoms with Gasteiger partial charge in [0.05, 0.1) is 18.1 Å².